The highest BCUT2D eigenvalue weighted by molar-refractivity contribution is 7.80. The van der Waals surface area contributed by atoms with Crippen molar-refractivity contribution in [3.8, 4) is 0 Å². The van der Waals surface area contributed by atoms with Crippen molar-refractivity contribution in [1.29, 1.82) is 0 Å². The fourth-order valence-electron chi connectivity index (χ4n) is 1.97. The molecule has 0 bridgehead atoms. The Balaban J connectivity index is 2.06. The van der Waals surface area contributed by atoms with Crippen molar-refractivity contribution in [1.82, 2.24) is 0 Å². The van der Waals surface area contributed by atoms with Crippen LogP contribution in [-0.4, -0.2) is 11.5 Å². The third-order valence-corrected chi connectivity index (χ3v) is 3.77. The van der Waals surface area contributed by atoms with Crippen LogP contribution in [0, 0.1) is 5.41 Å². The number of thiocarbonyl (C=S) groups is 1. The van der Waals surface area contributed by atoms with Gasteiger partial charge in [0, 0.05) is 17.8 Å². The Kier molecular flexibility index (Phi) is 3.15. The topological polar surface area (TPSA) is 38.0 Å². The lowest BCUT2D eigenvalue weighted by atomic mass is 10.0. The molecule has 0 aliphatic heterocycles. The Bertz CT molecular complexity index is 397. The molecule has 0 saturated heterocycles. The van der Waals surface area contributed by atoms with Crippen LogP contribution in [0.5, 0.6) is 0 Å². The third kappa shape index (κ3) is 2.35. The number of nitrogens with one attached hydrogen (secondary N) is 1. The Morgan fingerprint density at radius 2 is 2.12 bits per heavy atom. The van der Waals surface area contributed by atoms with E-state index >= 15 is 0 Å². The van der Waals surface area contributed by atoms with E-state index < -0.39 is 0 Å². The summed E-state index contributed by atoms with van der Waals surface area (Å²) in [6.07, 6.45) is 3.92. The molecular formula is C13H18N2S. The molecule has 0 aromatic heterocycles. The van der Waals surface area contributed by atoms with Crippen LogP contribution >= 0.6 is 12.2 Å². The molecule has 1 aliphatic carbocycles. The number of hydrogen-bond donors (Lipinski definition) is 2. The number of anilines is 1. The smallest absolute Gasteiger partial charge is 0.106 e. The van der Waals surface area contributed by atoms with Gasteiger partial charge in [-0.25, -0.2) is 0 Å². The van der Waals surface area contributed by atoms with Gasteiger partial charge in [-0.05, 0) is 36.8 Å². The van der Waals surface area contributed by atoms with Gasteiger partial charge in [0.2, 0.25) is 0 Å². The zero-order chi connectivity index (χ0) is 11.6. The first-order valence-corrected chi connectivity index (χ1v) is 6.20. The monoisotopic (exact) mass is 234 g/mol. The summed E-state index contributed by atoms with van der Waals surface area (Å²) in [4.78, 5) is 0.462. The Labute approximate surface area is 102 Å². The molecule has 1 aromatic carbocycles. The molecule has 86 valence electrons. The number of nitrogens with two attached hydrogens (primary N) is 1. The summed E-state index contributed by atoms with van der Waals surface area (Å²) in [6.45, 7) is 3.29. The lowest BCUT2D eigenvalue weighted by molar-refractivity contribution is 0.521. The molecule has 3 N–H and O–H groups in total. The summed E-state index contributed by atoms with van der Waals surface area (Å²) >= 11 is 5.04. The van der Waals surface area contributed by atoms with Gasteiger partial charge in [0.05, 0.1) is 0 Å². The molecule has 2 nitrogen and oxygen atoms in total. The SMILES string of the molecule is CCC1(CNc2ccccc2C(N)=S)CC1. The number of para-hydroxylation sites is 1. The van der Waals surface area contributed by atoms with Gasteiger partial charge in [-0.1, -0.05) is 31.3 Å². The Hall–Kier alpha value is -1.09. The van der Waals surface area contributed by atoms with Gasteiger partial charge in [0.25, 0.3) is 0 Å². The highest BCUT2D eigenvalue weighted by Crippen LogP contribution is 2.48. The maximum atomic E-state index is 5.69. The van der Waals surface area contributed by atoms with Gasteiger partial charge in [-0.15, -0.1) is 0 Å². The summed E-state index contributed by atoms with van der Waals surface area (Å²) in [5.74, 6) is 0. The second kappa shape index (κ2) is 4.42. The van der Waals surface area contributed by atoms with Crippen molar-refractivity contribution in [3.05, 3.63) is 29.8 Å². The van der Waals surface area contributed by atoms with Gasteiger partial charge in [-0.3, -0.25) is 0 Å². The van der Waals surface area contributed by atoms with Gasteiger partial charge in [-0.2, -0.15) is 0 Å². The largest absolute Gasteiger partial charge is 0.389 e. The van der Waals surface area contributed by atoms with E-state index in [-0.39, 0.29) is 0 Å². The van der Waals surface area contributed by atoms with Crippen LogP contribution in [0.3, 0.4) is 0 Å². The molecule has 0 unspecified atom stereocenters. The lowest BCUT2D eigenvalue weighted by Gasteiger charge is -2.16. The predicted octanol–water partition coefficient (Wildman–Crippen LogP) is 2.92. The fourth-order valence-corrected chi connectivity index (χ4v) is 2.14. The van der Waals surface area contributed by atoms with Gasteiger partial charge in [0.1, 0.15) is 4.99 Å². The zero-order valence-electron chi connectivity index (χ0n) is 9.62. The van der Waals surface area contributed by atoms with E-state index in [2.05, 4.69) is 12.2 Å². The van der Waals surface area contributed by atoms with Crippen molar-refractivity contribution in [2.75, 3.05) is 11.9 Å². The molecule has 1 saturated carbocycles. The first-order chi connectivity index (χ1) is 7.67. The van der Waals surface area contributed by atoms with Gasteiger partial charge >= 0.3 is 0 Å². The number of rotatable bonds is 5. The second-order valence-electron chi connectivity index (χ2n) is 4.62. The van der Waals surface area contributed by atoms with Crippen LogP contribution in [0.2, 0.25) is 0 Å². The quantitative estimate of drug-likeness (QED) is 0.769. The lowest BCUT2D eigenvalue weighted by Crippen LogP contribution is -2.18. The molecule has 0 atom stereocenters. The van der Waals surface area contributed by atoms with E-state index in [1.54, 1.807) is 0 Å². The number of benzene rings is 1. The molecule has 1 aromatic rings. The molecule has 0 amide bonds. The van der Waals surface area contributed by atoms with Crippen molar-refractivity contribution in [2.24, 2.45) is 11.1 Å². The van der Waals surface area contributed by atoms with Crippen LogP contribution in [0.4, 0.5) is 5.69 Å². The molecule has 0 spiro atoms. The molecule has 1 aliphatic rings. The molecule has 1 fully saturated rings. The molecule has 0 radical (unpaired) electrons. The number of hydrogen-bond acceptors (Lipinski definition) is 2. The van der Waals surface area contributed by atoms with E-state index in [1.165, 1.54) is 19.3 Å². The maximum Gasteiger partial charge on any atom is 0.106 e. The summed E-state index contributed by atoms with van der Waals surface area (Å²) < 4.78 is 0. The van der Waals surface area contributed by atoms with E-state index in [4.69, 9.17) is 18.0 Å². The van der Waals surface area contributed by atoms with Crippen LogP contribution in [0.15, 0.2) is 24.3 Å². The summed E-state index contributed by atoms with van der Waals surface area (Å²) in [7, 11) is 0. The minimum Gasteiger partial charge on any atom is -0.389 e. The summed E-state index contributed by atoms with van der Waals surface area (Å²) in [5, 5.41) is 3.48. The average Bonchev–Trinajstić information content (AvgIpc) is 3.07. The molecule has 0 heterocycles. The van der Waals surface area contributed by atoms with Crippen LogP contribution in [0.25, 0.3) is 0 Å². The molecule has 16 heavy (non-hydrogen) atoms. The van der Waals surface area contributed by atoms with Crippen LogP contribution in [0.1, 0.15) is 31.7 Å². The Morgan fingerprint density at radius 3 is 2.69 bits per heavy atom. The molecular weight excluding hydrogens is 216 g/mol. The van der Waals surface area contributed by atoms with E-state index in [0.717, 1.165) is 17.8 Å². The van der Waals surface area contributed by atoms with E-state index in [1.807, 2.05) is 24.3 Å². The second-order valence-corrected chi connectivity index (χ2v) is 5.06. The summed E-state index contributed by atoms with van der Waals surface area (Å²) in [5.41, 5.74) is 8.24. The van der Waals surface area contributed by atoms with Crippen molar-refractivity contribution >= 4 is 22.9 Å². The van der Waals surface area contributed by atoms with Crippen LogP contribution in [-0.2, 0) is 0 Å². The normalized spacial score (nSPS) is 16.8. The highest BCUT2D eigenvalue weighted by atomic mass is 32.1. The predicted molar refractivity (Wildman–Crippen MR) is 72.8 cm³/mol. The molecule has 2 rings (SSSR count). The average molecular weight is 234 g/mol. The first-order valence-electron chi connectivity index (χ1n) is 5.80. The minimum atomic E-state index is 0.462. The standard InChI is InChI=1S/C13H18N2S/c1-2-13(7-8-13)9-15-11-6-4-3-5-10(11)12(14)16/h3-6,15H,2,7-9H2,1H3,(H2,14,16). The van der Waals surface area contributed by atoms with E-state index in [0.29, 0.717) is 10.4 Å². The fraction of sp³-hybridized carbons (Fsp3) is 0.462. The van der Waals surface area contributed by atoms with E-state index in [9.17, 15) is 0 Å². The van der Waals surface area contributed by atoms with Crippen molar-refractivity contribution in [3.63, 3.8) is 0 Å². The minimum absolute atomic E-state index is 0.462. The first kappa shape index (κ1) is 11.4. The molecule has 3 heteroatoms. The van der Waals surface area contributed by atoms with Crippen LogP contribution < -0.4 is 11.1 Å². The summed E-state index contributed by atoms with van der Waals surface area (Å²) in [6, 6.07) is 7.98. The van der Waals surface area contributed by atoms with Crippen molar-refractivity contribution in [2.45, 2.75) is 26.2 Å². The van der Waals surface area contributed by atoms with Crippen molar-refractivity contribution < 1.29 is 0 Å². The Morgan fingerprint density at radius 1 is 1.44 bits per heavy atom. The van der Waals surface area contributed by atoms with Gasteiger partial charge < -0.3 is 11.1 Å². The van der Waals surface area contributed by atoms with Gasteiger partial charge in [0.15, 0.2) is 0 Å². The highest BCUT2D eigenvalue weighted by Gasteiger charge is 2.40. The zero-order valence-corrected chi connectivity index (χ0v) is 10.4. The third-order valence-electron chi connectivity index (χ3n) is 3.55. The maximum absolute atomic E-state index is 5.69.